The zero-order valence-corrected chi connectivity index (χ0v) is 12.6. The van der Waals surface area contributed by atoms with E-state index in [-0.39, 0.29) is 17.0 Å². The van der Waals surface area contributed by atoms with Gasteiger partial charge in [0.2, 0.25) is 0 Å². The molecule has 0 aliphatic carbocycles. The Morgan fingerprint density at radius 3 is 2.45 bits per heavy atom. The Labute approximate surface area is 119 Å². The van der Waals surface area contributed by atoms with Gasteiger partial charge in [-0.05, 0) is 5.41 Å². The molecule has 1 heterocycles. The first-order chi connectivity index (χ1) is 9.28. The number of benzene rings is 1. The fourth-order valence-electron chi connectivity index (χ4n) is 1.51. The molecule has 6 heteroatoms. The Hall–Kier alpha value is -1.66. The minimum absolute atomic E-state index is 0.0272. The van der Waals surface area contributed by atoms with Crippen molar-refractivity contribution in [2.24, 2.45) is 5.41 Å². The Morgan fingerprint density at radius 1 is 1.20 bits per heavy atom. The average Bonchev–Trinajstić information content (AvgIpc) is 2.87. The molecule has 0 bridgehead atoms. The third-order valence-electron chi connectivity index (χ3n) is 2.54. The van der Waals surface area contributed by atoms with Crippen molar-refractivity contribution in [1.29, 1.82) is 0 Å². The van der Waals surface area contributed by atoms with Crippen LogP contribution in [0.15, 0.2) is 41.4 Å². The van der Waals surface area contributed by atoms with Crippen molar-refractivity contribution in [3.8, 4) is 11.3 Å². The fourth-order valence-corrected chi connectivity index (χ4v) is 2.56. The minimum Gasteiger partial charge on any atom is -0.265 e. The summed E-state index contributed by atoms with van der Waals surface area (Å²) < 4.78 is 29.1. The summed E-state index contributed by atoms with van der Waals surface area (Å²) in [6, 6.07) is 10.8. The molecule has 0 aliphatic rings. The van der Waals surface area contributed by atoms with Crippen molar-refractivity contribution >= 4 is 10.1 Å². The van der Waals surface area contributed by atoms with E-state index in [1.807, 2.05) is 51.1 Å². The maximum Gasteiger partial charge on any atom is 0.314 e. The fraction of sp³-hybridized carbons (Fsp3) is 0.357. The summed E-state index contributed by atoms with van der Waals surface area (Å²) in [6.45, 7) is 5.84. The molecule has 108 valence electrons. The van der Waals surface area contributed by atoms with Crippen molar-refractivity contribution < 1.29 is 12.6 Å². The molecule has 0 spiro atoms. The van der Waals surface area contributed by atoms with E-state index in [0.29, 0.717) is 5.69 Å². The lowest BCUT2D eigenvalue weighted by molar-refractivity contribution is 0.203. The highest BCUT2D eigenvalue weighted by Gasteiger charge is 2.22. The van der Waals surface area contributed by atoms with E-state index < -0.39 is 10.1 Å². The number of aromatic amines is 1. The van der Waals surface area contributed by atoms with Crippen LogP contribution < -0.4 is 0 Å². The van der Waals surface area contributed by atoms with E-state index in [2.05, 4.69) is 10.2 Å². The summed E-state index contributed by atoms with van der Waals surface area (Å²) in [6.07, 6.45) is 0. The molecule has 5 nitrogen and oxygen atoms in total. The zero-order chi connectivity index (χ0) is 14.8. The van der Waals surface area contributed by atoms with Crippen LogP contribution in [0.25, 0.3) is 11.3 Å². The predicted molar refractivity (Wildman–Crippen MR) is 76.6 cm³/mol. The van der Waals surface area contributed by atoms with Gasteiger partial charge in [0, 0.05) is 11.6 Å². The van der Waals surface area contributed by atoms with E-state index >= 15 is 0 Å². The largest absolute Gasteiger partial charge is 0.314 e. The standard InChI is InChI=1S/C14H18N2O3S/c1-14(2,3)10-19-20(17,18)13-9-12(15-16-13)11-7-5-4-6-8-11/h4-9H,10H2,1-3H3,(H,15,16). The molecule has 0 atom stereocenters. The van der Waals surface area contributed by atoms with E-state index in [1.165, 1.54) is 6.07 Å². The highest BCUT2D eigenvalue weighted by Crippen LogP contribution is 2.22. The first-order valence-electron chi connectivity index (χ1n) is 6.28. The number of hydrogen-bond acceptors (Lipinski definition) is 4. The van der Waals surface area contributed by atoms with E-state index in [0.717, 1.165) is 5.56 Å². The van der Waals surface area contributed by atoms with Gasteiger partial charge >= 0.3 is 10.1 Å². The smallest absolute Gasteiger partial charge is 0.265 e. The van der Waals surface area contributed by atoms with Gasteiger partial charge in [0.15, 0.2) is 5.03 Å². The van der Waals surface area contributed by atoms with Gasteiger partial charge in [-0.3, -0.25) is 9.28 Å². The van der Waals surface area contributed by atoms with Crippen LogP contribution in [-0.4, -0.2) is 25.2 Å². The SMILES string of the molecule is CC(C)(C)COS(=O)(=O)c1cc(-c2ccccc2)n[nH]1. The van der Waals surface area contributed by atoms with Crippen LogP contribution in [-0.2, 0) is 14.3 Å². The maximum absolute atomic E-state index is 12.0. The summed E-state index contributed by atoms with van der Waals surface area (Å²) in [4.78, 5) is 0. The lowest BCUT2D eigenvalue weighted by Crippen LogP contribution is -2.18. The Morgan fingerprint density at radius 2 is 1.85 bits per heavy atom. The van der Waals surface area contributed by atoms with Gasteiger partial charge in [-0.1, -0.05) is 51.1 Å². The molecule has 20 heavy (non-hydrogen) atoms. The van der Waals surface area contributed by atoms with Gasteiger partial charge in [-0.15, -0.1) is 0 Å². The third-order valence-corrected chi connectivity index (χ3v) is 3.72. The lowest BCUT2D eigenvalue weighted by Gasteiger charge is -2.16. The molecule has 0 unspecified atom stereocenters. The number of rotatable bonds is 4. The van der Waals surface area contributed by atoms with Gasteiger partial charge in [-0.25, -0.2) is 0 Å². The van der Waals surface area contributed by atoms with Crippen LogP contribution in [0.4, 0.5) is 0 Å². The number of hydrogen-bond donors (Lipinski definition) is 1. The van der Waals surface area contributed by atoms with E-state index in [9.17, 15) is 8.42 Å². The minimum atomic E-state index is -3.80. The topological polar surface area (TPSA) is 72.1 Å². The molecule has 0 fully saturated rings. The second kappa shape index (κ2) is 5.38. The molecule has 0 aliphatic heterocycles. The third kappa shape index (κ3) is 3.68. The van der Waals surface area contributed by atoms with Gasteiger partial charge in [0.1, 0.15) is 0 Å². The summed E-state index contributed by atoms with van der Waals surface area (Å²) in [5, 5.41) is 6.50. The molecule has 1 aromatic heterocycles. The molecule has 2 rings (SSSR count). The van der Waals surface area contributed by atoms with Crippen LogP contribution in [0.5, 0.6) is 0 Å². The van der Waals surface area contributed by atoms with Crippen LogP contribution in [0.3, 0.4) is 0 Å². The normalized spacial score (nSPS) is 12.6. The Bertz CT molecular complexity index is 670. The van der Waals surface area contributed by atoms with Crippen molar-refractivity contribution in [2.75, 3.05) is 6.61 Å². The van der Waals surface area contributed by atoms with Gasteiger partial charge in [-0.2, -0.15) is 13.5 Å². The molecule has 0 saturated carbocycles. The van der Waals surface area contributed by atoms with Crippen LogP contribution in [0.2, 0.25) is 0 Å². The zero-order valence-electron chi connectivity index (χ0n) is 11.8. The second-order valence-corrected chi connectivity index (χ2v) is 7.34. The molecule has 2 aromatic rings. The van der Waals surface area contributed by atoms with Crippen molar-refractivity contribution in [3.63, 3.8) is 0 Å². The van der Waals surface area contributed by atoms with Gasteiger partial charge in [0.05, 0.1) is 12.3 Å². The van der Waals surface area contributed by atoms with Crippen molar-refractivity contribution in [3.05, 3.63) is 36.4 Å². The predicted octanol–water partition coefficient (Wildman–Crippen LogP) is 2.83. The summed E-state index contributed by atoms with van der Waals surface area (Å²) in [5.74, 6) is 0. The van der Waals surface area contributed by atoms with E-state index in [1.54, 1.807) is 0 Å². The van der Waals surface area contributed by atoms with Crippen molar-refractivity contribution in [2.45, 2.75) is 25.8 Å². The summed E-state index contributed by atoms with van der Waals surface area (Å²) >= 11 is 0. The highest BCUT2D eigenvalue weighted by molar-refractivity contribution is 7.86. The van der Waals surface area contributed by atoms with E-state index in [4.69, 9.17) is 4.18 Å². The highest BCUT2D eigenvalue weighted by atomic mass is 32.2. The number of nitrogens with zero attached hydrogens (tertiary/aromatic N) is 1. The molecule has 1 aromatic carbocycles. The second-order valence-electron chi connectivity index (χ2n) is 5.76. The number of aromatic nitrogens is 2. The molecule has 0 radical (unpaired) electrons. The molecule has 0 saturated heterocycles. The van der Waals surface area contributed by atoms with Crippen LogP contribution in [0.1, 0.15) is 20.8 Å². The number of nitrogens with one attached hydrogen (secondary N) is 1. The first-order valence-corrected chi connectivity index (χ1v) is 7.69. The quantitative estimate of drug-likeness (QED) is 0.880. The maximum atomic E-state index is 12.0. The molecular weight excluding hydrogens is 276 g/mol. The van der Waals surface area contributed by atoms with Crippen molar-refractivity contribution in [1.82, 2.24) is 10.2 Å². The average molecular weight is 294 g/mol. The Balaban J connectivity index is 2.20. The first kappa shape index (κ1) is 14.7. The molecule has 0 amide bonds. The monoisotopic (exact) mass is 294 g/mol. The summed E-state index contributed by atoms with van der Waals surface area (Å²) in [7, 11) is -3.80. The molecule has 1 N–H and O–H groups in total. The Kier molecular flexibility index (Phi) is 3.96. The van der Waals surface area contributed by atoms with Crippen LogP contribution >= 0.6 is 0 Å². The molecular formula is C14H18N2O3S. The number of H-pyrrole nitrogens is 1. The lowest BCUT2D eigenvalue weighted by atomic mass is 9.99. The van der Waals surface area contributed by atoms with Gasteiger partial charge < -0.3 is 0 Å². The summed E-state index contributed by atoms with van der Waals surface area (Å²) in [5.41, 5.74) is 1.19. The van der Waals surface area contributed by atoms with Gasteiger partial charge in [0.25, 0.3) is 0 Å². The van der Waals surface area contributed by atoms with Crippen LogP contribution in [0, 0.1) is 5.41 Å².